The second kappa shape index (κ2) is 10.5. The van der Waals surface area contributed by atoms with E-state index in [4.69, 9.17) is 11.6 Å². The number of carbonyl (C=O) groups is 2. The topological polar surface area (TPSA) is 67.2 Å². The summed E-state index contributed by atoms with van der Waals surface area (Å²) in [7, 11) is 1.48. The van der Waals surface area contributed by atoms with Gasteiger partial charge in [0.1, 0.15) is 12.4 Å². The summed E-state index contributed by atoms with van der Waals surface area (Å²) in [4.78, 5) is 30.9. The van der Waals surface area contributed by atoms with Crippen LogP contribution in [0.5, 0.6) is 0 Å². The summed E-state index contributed by atoms with van der Waals surface area (Å²) in [5, 5.41) is 3.12. The number of halogens is 4. The van der Waals surface area contributed by atoms with Crippen molar-refractivity contribution in [3.63, 3.8) is 0 Å². The molecule has 174 valence electrons. The molecule has 0 saturated heterocycles. The quantitative estimate of drug-likeness (QED) is 0.514. The normalized spacial score (nSPS) is 12.3. The predicted octanol–water partition coefficient (Wildman–Crippen LogP) is 4.62. The molecular weight excluding hydrogens is 457 g/mol. The molecule has 1 heterocycles. The number of imidazole rings is 1. The molecule has 3 rings (SSSR count). The highest BCUT2D eigenvalue weighted by molar-refractivity contribution is 6.33. The minimum Gasteiger partial charge on any atom is -0.345 e. The zero-order valence-electron chi connectivity index (χ0n) is 17.7. The molecule has 10 heteroatoms. The number of alkyl halides is 3. The van der Waals surface area contributed by atoms with Gasteiger partial charge in [0.25, 0.3) is 5.91 Å². The lowest BCUT2D eigenvalue weighted by Gasteiger charge is -2.23. The Morgan fingerprint density at radius 3 is 2.45 bits per heavy atom. The summed E-state index contributed by atoms with van der Waals surface area (Å²) in [5.41, 5.74) is 0.980. The zero-order chi connectivity index (χ0) is 24.0. The highest BCUT2D eigenvalue weighted by atomic mass is 35.5. The smallest absolute Gasteiger partial charge is 0.345 e. The Balaban J connectivity index is 1.73. The molecule has 2 amide bonds. The van der Waals surface area contributed by atoms with Crippen LogP contribution < -0.4 is 5.32 Å². The first kappa shape index (κ1) is 24.3. The number of benzene rings is 2. The molecule has 0 spiro atoms. The van der Waals surface area contributed by atoms with Gasteiger partial charge in [-0.15, -0.1) is 0 Å². The lowest BCUT2D eigenvalue weighted by atomic mass is 10.0. The maximum Gasteiger partial charge on any atom is 0.406 e. The van der Waals surface area contributed by atoms with Crippen LogP contribution in [-0.2, 0) is 17.9 Å². The van der Waals surface area contributed by atoms with Gasteiger partial charge in [-0.3, -0.25) is 9.59 Å². The van der Waals surface area contributed by atoms with E-state index in [0.29, 0.717) is 5.56 Å². The molecule has 0 aliphatic carbocycles. The average molecular weight is 479 g/mol. The fourth-order valence-electron chi connectivity index (χ4n) is 3.28. The molecule has 33 heavy (non-hydrogen) atoms. The summed E-state index contributed by atoms with van der Waals surface area (Å²) in [6.45, 7) is -1.30. The number of hydrogen-bond acceptors (Lipinski definition) is 3. The van der Waals surface area contributed by atoms with Crippen LogP contribution in [0.1, 0.15) is 34.2 Å². The molecule has 0 saturated carbocycles. The van der Waals surface area contributed by atoms with E-state index in [1.165, 1.54) is 24.3 Å². The van der Waals surface area contributed by atoms with Crippen LogP contribution in [0.2, 0.25) is 5.02 Å². The second-order valence-electron chi connectivity index (χ2n) is 7.46. The molecular formula is C23H22ClF3N4O2. The highest BCUT2D eigenvalue weighted by Gasteiger charge is 2.29. The minimum atomic E-state index is -4.40. The summed E-state index contributed by atoms with van der Waals surface area (Å²) in [6, 6.07) is 14.8. The first-order valence-electron chi connectivity index (χ1n) is 10.0. The summed E-state index contributed by atoms with van der Waals surface area (Å²) in [6.07, 6.45) is -2.02. The fourth-order valence-corrected chi connectivity index (χ4v) is 3.50. The van der Waals surface area contributed by atoms with Crippen LogP contribution in [0.15, 0.2) is 67.0 Å². The van der Waals surface area contributed by atoms with Crippen molar-refractivity contribution in [2.24, 2.45) is 0 Å². The van der Waals surface area contributed by atoms with E-state index in [2.05, 4.69) is 10.3 Å². The largest absolute Gasteiger partial charge is 0.406 e. The van der Waals surface area contributed by atoms with Crippen molar-refractivity contribution in [2.45, 2.75) is 31.7 Å². The van der Waals surface area contributed by atoms with Crippen LogP contribution in [0.25, 0.3) is 0 Å². The van der Waals surface area contributed by atoms with Crippen LogP contribution in [-0.4, -0.2) is 39.5 Å². The van der Waals surface area contributed by atoms with Crippen molar-refractivity contribution in [1.82, 2.24) is 19.8 Å². The number of hydrogen-bond donors (Lipinski definition) is 1. The monoisotopic (exact) mass is 478 g/mol. The Kier molecular flexibility index (Phi) is 7.75. The van der Waals surface area contributed by atoms with Gasteiger partial charge >= 0.3 is 6.18 Å². The molecule has 6 nitrogen and oxygen atoms in total. The molecule has 2 aromatic carbocycles. The van der Waals surface area contributed by atoms with E-state index >= 15 is 0 Å². The molecule has 1 unspecified atom stereocenters. The molecule has 3 aromatic rings. The Hall–Kier alpha value is -3.33. The molecule has 1 aromatic heterocycles. The summed E-state index contributed by atoms with van der Waals surface area (Å²) < 4.78 is 39.3. The predicted molar refractivity (Wildman–Crippen MR) is 117 cm³/mol. The van der Waals surface area contributed by atoms with Crippen molar-refractivity contribution < 1.29 is 22.8 Å². The van der Waals surface area contributed by atoms with Crippen LogP contribution in [0.3, 0.4) is 0 Å². The Morgan fingerprint density at radius 1 is 1.12 bits per heavy atom. The molecule has 0 bridgehead atoms. The van der Waals surface area contributed by atoms with E-state index in [0.717, 1.165) is 4.57 Å². The third-order valence-electron chi connectivity index (χ3n) is 4.96. The van der Waals surface area contributed by atoms with Gasteiger partial charge in [0.15, 0.2) is 0 Å². The summed E-state index contributed by atoms with van der Waals surface area (Å²) in [5.74, 6) is -0.699. The van der Waals surface area contributed by atoms with E-state index in [1.54, 1.807) is 48.5 Å². The number of carbonyl (C=O) groups excluding carboxylic acids is 2. The summed E-state index contributed by atoms with van der Waals surface area (Å²) >= 11 is 6.12. The first-order chi connectivity index (χ1) is 15.6. The average Bonchev–Trinajstić information content (AvgIpc) is 3.18. The van der Waals surface area contributed by atoms with E-state index in [9.17, 15) is 22.8 Å². The van der Waals surface area contributed by atoms with Crippen molar-refractivity contribution in [1.29, 1.82) is 0 Å². The van der Waals surface area contributed by atoms with Gasteiger partial charge in [-0.1, -0.05) is 54.1 Å². The standard InChI is InChI=1S/C23H22ClF3N4O2/c1-30(14-20-28-11-12-31(20)15-23(25,26)27)21(32)13-19(16-7-3-2-4-8-16)29-22(33)17-9-5-6-10-18(17)24/h2-12,19H,13-15H2,1H3,(H,29,33). The maximum atomic E-state index is 12.9. The number of rotatable bonds is 8. The van der Waals surface area contributed by atoms with Crippen LogP contribution in [0, 0.1) is 0 Å². The first-order valence-corrected chi connectivity index (χ1v) is 10.4. The van der Waals surface area contributed by atoms with Crippen LogP contribution in [0.4, 0.5) is 13.2 Å². The Bertz CT molecular complexity index is 1100. The number of aromatic nitrogens is 2. The second-order valence-corrected chi connectivity index (χ2v) is 7.86. The molecule has 0 fully saturated rings. The number of amides is 2. The van der Waals surface area contributed by atoms with Gasteiger partial charge in [0.05, 0.1) is 29.6 Å². The van der Waals surface area contributed by atoms with Crippen molar-refractivity contribution >= 4 is 23.4 Å². The number of nitrogens with one attached hydrogen (secondary N) is 1. The Morgan fingerprint density at radius 2 is 1.79 bits per heavy atom. The molecule has 0 aliphatic rings. The number of nitrogens with zero attached hydrogens (tertiary/aromatic N) is 3. The van der Waals surface area contributed by atoms with Gasteiger partial charge in [0.2, 0.25) is 5.91 Å². The van der Waals surface area contributed by atoms with Crippen LogP contribution >= 0.6 is 11.6 Å². The highest BCUT2D eigenvalue weighted by Crippen LogP contribution is 2.22. The van der Waals surface area contributed by atoms with E-state index in [1.807, 2.05) is 6.07 Å². The Labute approximate surface area is 194 Å². The third kappa shape index (κ3) is 6.82. The lowest BCUT2D eigenvalue weighted by Crippen LogP contribution is -2.35. The van der Waals surface area contributed by atoms with E-state index in [-0.39, 0.29) is 35.3 Å². The van der Waals surface area contributed by atoms with E-state index < -0.39 is 24.7 Å². The molecule has 1 N–H and O–H groups in total. The molecule has 0 aliphatic heterocycles. The zero-order valence-corrected chi connectivity index (χ0v) is 18.5. The van der Waals surface area contributed by atoms with Gasteiger partial charge in [-0.05, 0) is 17.7 Å². The minimum absolute atomic E-state index is 0.101. The molecule has 1 atom stereocenters. The fraction of sp³-hybridized carbons (Fsp3) is 0.261. The van der Waals surface area contributed by atoms with Crippen molar-refractivity contribution in [3.05, 3.63) is 89.0 Å². The van der Waals surface area contributed by atoms with Gasteiger partial charge in [0, 0.05) is 19.4 Å². The van der Waals surface area contributed by atoms with Crippen molar-refractivity contribution in [2.75, 3.05) is 7.05 Å². The van der Waals surface area contributed by atoms with Gasteiger partial charge in [-0.25, -0.2) is 4.98 Å². The van der Waals surface area contributed by atoms with Crippen molar-refractivity contribution in [3.8, 4) is 0 Å². The van der Waals surface area contributed by atoms with Gasteiger partial charge < -0.3 is 14.8 Å². The third-order valence-corrected chi connectivity index (χ3v) is 5.29. The van der Waals surface area contributed by atoms with Gasteiger partial charge in [-0.2, -0.15) is 13.2 Å². The SMILES string of the molecule is CN(Cc1nccn1CC(F)(F)F)C(=O)CC(NC(=O)c1ccccc1Cl)c1ccccc1. The molecule has 0 radical (unpaired) electrons. The lowest BCUT2D eigenvalue weighted by molar-refractivity contribution is -0.141. The maximum absolute atomic E-state index is 12.9.